The van der Waals surface area contributed by atoms with E-state index in [1.807, 2.05) is 37.3 Å². The molecule has 0 saturated heterocycles. The van der Waals surface area contributed by atoms with Crippen molar-refractivity contribution in [3.05, 3.63) is 35.9 Å². The van der Waals surface area contributed by atoms with Crippen molar-refractivity contribution in [2.75, 3.05) is 6.54 Å². The molecule has 0 bridgehead atoms. The summed E-state index contributed by atoms with van der Waals surface area (Å²) in [6.07, 6.45) is 6.21. The largest absolute Gasteiger partial charge is 0.355 e. The standard InChI is InChI=1S/C18H28N2O/c1-3-18(11-7-8-12-18)13-20-17(21)14(2)16(19)15-9-5-4-6-10-15/h4-6,9-10,14,16H,3,7-8,11-13,19H2,1-2H3,(H,20,21). The maximum Gasteiger partial charge on any atom is 0.224 e. The summed E-state index contributed by atoms with van der Waals surface area (Å²) in [6.45, 7) is 4.95. The first-order valence-electron chi connectivity index (χ1n) is 8.16. The van der Waals surface area contributed by atoms with Gasteiger partial charge in [-0.15, -0.1) is 0 Å². The SMILES string of the molecule is CCC1(CNC(=O)C(C)C(N)c2ccccc2)CCCC1. The summed E-state index contributed by atoms with van der Waals surface area (Å²) in [7, 11) is 0. The van der Waals surface area contributed by atoms with Crippen molar-refractivity contribution < 1.29 is 4.79 Å². The molecule has 116 valence electrons. The maximum absolute atomic E-state index is 12.4. The van der Waals surface area contributed by atoms with E-state index < -0.39 is 0 Å². The molecule has 0 heterocycles. The smallest absolute Gasteiger partial charge is 0.224 e. The van der Waals surface area contributed by atoms with Gasteiger partial charge < -0.3 is 11.1 Å². The first kappa shape index (κ1) is 16.0. The lowest BCUT2D eigenvalue weighted by atomic mass is 9.83. The highest BCUT2D eigenvalue weighted by atomic mass is 16.1. The van der Waals surface area contributed by atoms with E-state index >= 15 is 0 Å². The molecule has 1 aromatic rings. The summed E-state index contributed by atoms with van der Waals surface area (Å²) < 4.78 is 0. The number of nitrogens with two attached hydrogens (primary N) is 1. The number of amides is 1. The molecule has 1 fully saturated rings. The van der Waals surface area contributed by atoms with Crippen molar-refractivity contribution in [3.63, 3.8) is 0 Å². The van der Waals surface area contributed by atoms with Crippen LogP contribution in [0, 0.1) is 11.3 Å². The van der Waals surface area contributed by atoms with Crippen molar-refractivity contribution >= 4 is 5.91 Å². The van der Waals surface area contributed by atoms with Crippen molar-refractivity contribution in [1.29, 1.82) is 0 Å². The van der Waals surface area contributed by atoms with Gasteiger partial charge in [-0.25, -0.2) is 0 Å². The summed E-state index contributed by atoms with van der Waals surface area (Å²) in [5, 5.41) is 3.15. The second-order valence-electron chi connectivity index (χ2n) is 6.50. The predicted octanol–water partition coefficient (Wildman–Crippen LogP) is 3.41. The van der Waals surface area contributed by atoms with Crippen LogP contribution in [0.2, 0.25) is 0 Å². The number of hydrogen-bond acceptors (Lipinski definition) is 2. The Morgan fingerprint density at radius 3 is 2.48 bits per heavy atom. The second-order valence-corrected chi connectivity index (χ2v) is 6.50. The average molecular weight is 288 g/mol. The minimum Gasteiger partial charge on any atom is -0.355 e. The minimum absolute atomic E-state index is 0.0751. The number of benzene rings is 1. The van der Waals surface area contributed by atoms with Crippen LogP contribution in [0.1, 0.15) is 57.6 Å². The zero-order valence-corrected chi connectivity index (χ0v) is 13.3. The van der Waals surface area contributed by atoms with Crippen LogP contribution in [-0.4, -0.2) is 12.5 Å². The van der Waals surface area contributed by atoms with Crippen LogP contribution >= 0.6 is 0 Å². The summed E-state index contributed by atoms with van der Waals surface area (Å²) in [5.74, 6) is -0.131. The number of hydrogen-bond donors (Lipinski definition) is 2. The molecule has 1 saturated carbocycles. The minimum atomic E-state index is -0.243. The van der Waals surface area contributed by atoms with Gasteiger partial charge in [0.1, 0.15) is 0 Å². The van der Waals surface area contributed by atoms with Crippen LogP contribution in [0.5, 0.6) is 0 Å². The van der Waals surface area contributed by atoms with Crippen LogP contribution in [0.3, 0.4) is 0 Å². The van der Waals surface area contributed by atoms with Crippen LogP contribution in [0.4, 0.5) is 0 Å². The molecule has 1 amide bonds. The highest BCUT2D eigenvalue weighted by Gasteiger charge is 2.33. The Morgan fingerprint density at radius 1 is 1.29 bits per heavy atom. The van der Waals surface area contributed by atoms with Crippen molar-refractivity contribution in [2.24, 2.45) is 17.1 Å². The lowest BCUT2D eigenvalue weighted by Crippen LogP contribution is -2.41. The highest BCUT2D eigenvalue weighted by Crippen LogP contribution is 2.40. The van der Waals surface area contributed by atoms with Crippen LogP contribution < -0.4 is 11.1 Å². The quantitative estimate of drug-likeness (QED) is 0.843. The van der Waals surface area contributed by atoms with Gasteiger partial charge in [-0.2, -0.15) is 0 Å². The van der Waals surface area contributed by atoms with Crippen molar-refractivity contribution in [1.82, 2.24) is 5.32 Å². The Bertz CT molecular complexity index is 452. The number of nitrogens with one attached hydrogen (secondary N) is 1. The molecular weight excluding hydrogens is 260 g/mol. The first-order valence-corrected chi connectivity index (χ1v) is 8.16. The first-order chi connectivity index (χ1) is 10.1. The summed E-state index contributed by atoms with van der Waals surface area (Å²) >= 11 is 0. The highest BCUT2D eigenvalue weighted by molar-refractivity contribution is 5.79. The lowest BCUT2D eigenvalue weighted by molar-refractivity contribution is -0.125. The molecule has 3 nitrogen and oxygen atoms in total. The van der Waals surface area contributed by atoms with Gasteiger partial charge in [0, 0.05) is 12.6 Å². The second kappa shape index (κ2) is 7.08. The van der Waals surface area contributed by atoms with E-state index in [2.05, 4.69) is 12.2 Å². The fraction of sp³-hybridized carbons (Fsp3) is 0.611. The van der Waals surface area contributed by atoms with Crippen LogP contribution in [-0.2, 0) is 4.79 Å². The molecule has 0 radical (unpaired) electrons. The third-order valence-corrected chi connectivity index (χ3v) is 5.19. The summed E-state index contributed by atoms with van der Waals surface area (Å²) in [5.41, 5.74) is 7.57. The predicted molar refractivity (Wildman–Crippen MR) is 86.7 cm³/mol. The Morgan fingerprint density at radius 2 is 1.90 bits per heavy atom. The van der Waals surface area contributed by atoms with Crippen molar-refractivity contribution in [2.45, 2.75) is 52.0 Å². The summed E-state index contributed by atoms with van der Waals surface area (Å²) in [4.78, 5) is 12.4. The van der Waals surface area contributed by atoms with E-state index in [9.17, 15) is 4.79 Å². The Kier molecular flexibility index (Phi) is 5.40. The van der Waals surface area contributed by atoms with Gasteiger partial charge in [0.05, 0.1) is 5.92 Å². The fourth-order valence-corrected chi connectivity index (χ4v) is 3.34. The van der Waals surface area contributed by atoms with E-state index in [0.717, 1.165) is 18.5 Å². The van der Waals surface area contributed by atoms with Gasteiger partial charge >= 0.3 is 0 Å². The van der Waals surface area contributed by atoms with Crippen LogP contribution in [0.25, 0.3) is 0 Å². The van der Waals surface area contributed by atoms with Crippen LogP contribution in [0.15, 0.2) is 30.3 Å². The van der Waals surface area contributed by atoms with Gasteiger partial charge in [-0.05, 0) is 30.2 Å². The van der Waals surface area contributed by atoms with Gasteiger partial charge in [0.25, 0.3) is 0 Å². The lowest BCUT2D eigenvalue weighted by Gasteiger charge is -2.29. The fourth-order valence-electron chi connectivity index (χ4n) is 3.34. The molecule has 1 aromatic carbocycles. The van der Waals surface area contributed by atoms with Gasteiger partial charge in [-0.1, -0.05) is 57.0 Å². The molecule has 2 unspecified atom stereocenters. The average Bonchev–Trinajstić information content (AvgIpc) is 3.01. The Balaban J connectivity index is 1.90. The van der Waals surface area contributed by atoms with Gasteiger partial charge in [0.15, 0.2) is 0 Å². The van der Waals surface area contributed by atoms with Gasteiger partial charge in [-0.3, -0.25) is 4.79 Å². The molecular formula is C18H28N2O. The Labute approximate surface area is 128 Å². The van der Waals surface area contributed by atoms with E-state index in [-0.39, 0.29) is 17.9 Å². The Hall–Kier alpha value is -1.35. The molecule has 0 aliphatic heterocycles. The molecule has 2 atom stereocenters. The third kappa shape index (κ3) is 3.85. The third-order valence-electron chi connectivity index (χ3n) is 5.19. The molecule has 1 aliphatic carbocycles. The van der Waals surface area contributed by atoms with E-state index in [0.29, 0.717) is 5.41 Å². The normalized spacial score (nSPS) is 20.0. The summed E-state index contributed by atoms with van der Waals surface area (Å²) in [6, 6.07) is 9.62. The molecule has 0 aromatic heterocycles. The number of carbonyl (C=O) groups excluding carboxylic acids is 1. The zero-order valence-electron chi connectivity index (χ0n) is 13.3. The van der Waals surface area contributed by atoms with Crippen molar-refractivity contribution in [3.8, 4) is 0 Å². The molecule has 3 N–H and O–H groups in total. The topological polar surface area (TPSA) is 55.1 Å². The zero-order chi connectivity index (χ0) is 15.3. The van der Waals surface area contributed by atoms with Gasteiger partial charge in [0.2, 0.25) is 5.91 Å². The monoisotopic (exact) mass is 288 g/mol. The molecule has 1 aliphatic rings. The van der Waals surface area contributed by atoms with E-state index in [1.54, 1.807) is 0 Å². The van der Waals surface area contributed by atoms with E-state index in [1.165, 1.54) is 25.7 Å². The molecule has 2 rings (SSSR count). The molecule has 0 spiro atoms. The maximum atomic E-state index is 12.4. The molecule has 3 heteroatoms. The molecule has 21 heavy (non-hydrogen) atoms. The number of rotatable bonds is 6. The van der Waals surface area contributed by atoms with E-state index in [4.69, 9.17) is 5.73 Å². The number of carbonyl (C=O) groups is 1.